The second kappa shape index (κ2) is 10.3. The third-order valence-electron chi connectivity index (χ3n) is 4.47. The molecule has 2 aromatic carbocycles. The van der Waals surface area contributed by atoms with Crippen molar-refractivity contribution in [1.29, 1.82) is 0 Å². The maximum atomic E-state index is 12.9. The molecule has 9 nitrogen and oxygen atoms in total. The Morgan fingerprint density at radius 3 is 2.19 bits per heavy atom. The van der Waals surface area contributed by atoms with Gasteiger partial charge in [0.25, 0.3) is 0 Å². The van der Waals surface area contributed by atoms with E-state index < -0.39 is 28.0 Å². The number of nitrogens with one attached hydrogen (secondary N) is 3. The minimum atomic E-state index is -3.70. The summed E-state index contributed by atoms with van der Waals surface area (Å²) in [5, 5.41) is 8.00. The normalized spacial score (nSPS) is 12.4. The van der Waals surface area contributed by atoms with Crippen LogP contribution in [0.4, 0.5) is 16.2 Å². The lowest BCUT2D eigenvalue weighted by Crippen LogP contribution is -2.48. The smallest absolute Gasteiger partial charge is 0.319 e. The van der Waals surface area contributed by atoms with E-state index in [-0.39, 0.29) is 16.5 Å². The predicted octanol–water partition coefficient (Wildman–Crippen LogP) is 2.73. The minimum Gasteiger partial charge on any atom is -0.495 e. The highest BCUT2D eigenvalue weighted by molar-refractivity contribution is 7.89. The molecule has 31 heavy (non-hydrogen) atoms. The first-order valence-corrected chi connectivity index (χ1v) is 11.0. The molecule has 1 unspecified atom stereocenters. The number of sulfonamides is 1. The molecule has 0 fully saturated rings. The van der Waals surface area contributed by atoms with Crippen LogP contribution in [-0.2, 0) is 14.8 Å². The van der Waals surface area contributed by atoms with Gasteiger partial charge in [0, 0.05) is 19.8 Å². The first kappa shape index (κ1) is 24.2. The molecule has 3 N–H and O–H groups in total. The number of hydrogen-bond donors (Lipinski definition) is 3. The number of para-hydroxylation sites is 1. The lowest BCUT2D eigenvalue weighted by atomic mass is 10.0. The molecule has 0 heterocycles. The number of methoxy groups -OCH3 is 1. The first-order valence-electron chi connectivity index (χ1n) is 9.60. The van der Waals surface area contributed by atoms with Gasteiger partial charge in [0.1, 0.15) is 11.8 Å². The van der Waals surface area contributed by atoms with E-state index in [1.165, 1.54) is 39.4 Å². The quantitative estimate of drug-likeness (QED) is 0.574. The van der Waals surface area contributed by atoms with Crippen molar-refractivity contribution in [3.63, 3.8) is 0 Å². The van der Waals surface area contributed by atoms with Crippen molar-refractivity contribution in [2.75, 3.05) is 31.8 Å². The summed E-state index contributed by atoms with van der Waals surface area (Å²) in [5.41, 5.74) is 0.775. The van der Waals surface area contributed by atoms with Crippen molar-refractivity contribution >= 4 is 33.3 Å². The third-order valence-corrected chi connectivity index (χ3v) is 6.29. The van der Waals surface area contributed by atoms with Gasteiger partial charge in [-0.05, 0) is 36.2 Å². The average Bonchev–Trinajstić information content (AvgIpc) is 2.72. The Bertz CT molecular complexity index is 1020. The molecular formula is C21H28N4O5S. The predicted molar refractivity (Wildman–Crippen MR) is 120 cm³/mol. The summed E-state index contributed by atoms with van der Waals surface area (Å²) >= 11 is 0. The van der Waals surface area contributed by atoms with Crippen LogP contribution in [-0.4, -0.2) is 51.9 Å². The van der Waals surface area contributed by atoms with Crippen molar-refractivity contribution < 1.29 is 22.7 Å². The summed E-state index contributed by atoms with van der Waals surface area (Å²) in [6.07, 6.45) is 0. The van der Waals surface area contributed by atoms with E-state index in [2.05, 4.69) is 16.0 Å². The van der Waals surface area contributed by atoms with E-state index in [1.807, 2.05) is 6.07 Å². The summed E-state index contributed by atoms with van der Waals surface area (Å²) in [7, 11) is 0.547. The number of amides is 3. The summed E-state index contributed by atoms with van der Waals surface area (Å²) in [6.45, 7) is 3.58. The second-order valence-corrected chi connectivity index (χ2v) is 9.48. The molecule has 2 rings (SSSR count). The number of anilines is 2. The molecule has 0 bridgehead atoms. The molecule has 168 valence electrons. The van der Waals surface area contributed by atoms with Gasteiger partial charge in [0.15, 0.2) is 0 Å². The zero-order chi connectivity index (χ0) is 23.2. The van der Waals surface area contributed by atoms with Gasteiger partial charge in [-0.2, -0.15) is 0 Å². The maximum Gasteiger partial charge on any atom is 0.319 e. The molecule has 2 aromatic rings. The molecule has 0 aromatic heterocycles. The number of hydrogen-bond acceptors (Lipinski definition) is 5. The Morgan fingerprint density at radius 2 is 1.65 bits per heavy atom. The van der Waals surface area contributed by atoms with Gasteiger partial charge in [-0.25, -0.2) is 17.5 Å². The lowest BCUT2D eigenvalue weighted by Gasteiger charge is -2.23. The highest BCUT2D eigenvalue weighted by atomic mass is 32.2. The summed E-state index contributed by atoms with van der Waals surface area (Å²) < 4.78 is 31.2. The third kappa shape index (κ3) is 6.19. The summed E-state index contributed by atoms with van der Waals surface area (Å²) in [4.78, 5) is 25.3. The Morgan fingerprint density at radius 1 is 1.00 bits per heavy atom. The number of nitrogens with zero attached hydrogens (tertiary/aromatic N) is 1. The molecular weight excluding hydrogens is 420 g/mol. The van der Waals surface area contributed by atoms with Gasteiger partial charge in [-0.1, -0.05) is 32.0 Å². The Kier molecular flexibility index (Phi) is 8.01. The molecule has 1 atom stereocenters. The monoisotopic (exact) mass is 448 g/mol. The van der Waals surface area contributed by atoms with Crippen molar-refractivity contribution in [3.05, 3.63) is 48.5 Å². The van der Waals surface area contributed by atoms with E-state index in [4.69, 9.17) is 4.74 Å². The zero-order valence-corrected chi connectivity index (χ0v) is 19.0. The van der Waals surface area contributed by atoms with E-state index in [1.54, 1.807) is 38.1 Å². The number of carbonyl (C=O) groups excluding carboxylic acids is 2. The average molecular weight is 449 g/mol. The fourth-order valence-electron chi connectivity index (χ4n) is 2.73. The van der Waals surface area contributed by atoms with Crippen LogP contribution in [0.25, 0.3) is 0 Å². The van der Waals surface area contributed by atoms with Gasteiger partial charge < -0.3 is 20.7 Å². The van der Waals surface area contributed by atoms with Crippen molar-refractivity contribution in [3.8, 4) is 5.75 Å². The Hall–Kier alpha value is -3.11. The van der Waals surface area contributed by atoms with Crippen LogP contribution in [0.1, 0.15) is 13.8 Å². The van der Waals surface area contributed by atoms with Gasteiger partial charge in [0.05, 0.1) is 17.7 Å². The van der Waals surface area contributed by atoms with E-state index in [0.717, 1.165) is 4.31 Å². The Balaban J connectivity index is 2.22. The number of carbonyl (C=O) groups is 2. The molecule has 0 spiro atoms. The van der Waals surface area contributed by atoms with Crippen LogP contribution in [0.2, 0.25) is 0 Å². The minimum absolute atomic E-state index is 0.00415. The van der Waals surface area contributed by atoms with Crippen LogP contribution >= 0.6 is 0 Å². The standard InChI is InChI=1S/C21H28N4O5S/c1-14(2)19(24-21(27)22-15-9-7-6-8-10-15)20(26)23-17-13-16(11-12-18(17)30-5)31(28,29)25(3)4/h6-14,19H,1-5H3,(H,23,26)(H2,22,24,27). The molecule has 0 saturated carbocycles. The highest BCUT2D eigenvalue weighted by Gasteiger charge is 2.26. The van der Waals surface area contributed by atoms with E-state index >= 15 is 0 Å². The van der Waals surface area contributed by atoms with E-state index in [9.17, 15) is 18.0 Å². The van der Waals surface area contributed by atoms with Crippen molar-refractivity contribution in [1.82, 2.24) is 9.62 Å². The SMILES string of the molecule is COc1ccc(S(=O)(=O)N(C)C)cc1NC(=O)C(NC(=O)Nc1ccccc1)C(C)C. The van der Waals surface area contributed by atoms with Gasteiger partial charge in [0.2, 0.25) is 15.9 Å². The molecule has 0 saturated heterocycles. The van der Waals surface area contributed by atoms with Crippen LogP contribution in [0.5, 0.6) is 5.75 Å². The van der Waals surface area contributed by atoms with Crippen molar-refractivity contribution in [2.45, 2.75) is 24.8 Å². The van der Waals surface area contributed by atoms with Crippen LogP contribution in [0.3, 0.4) is 0 Å². The topological polar surface area (TPSA) is 117 Å². The summed E-state index contributed by atoms with van der Waals surface area (Å²) in [5.74, 6) is -0.445. The number of ether oxygens (including phenoxy) is 1. The maximum absolute atomic E-state index is 12.9. The highest BCUT2D eigenvalue weighted by Crippen LogP contribution is 2.29. The summed E-state index contributed by atoms with van der Waals surface area (Å²) in [6, 6.07) is 11.6. The van der Waals surface area contributed by atoms with E-state index in [0.29, 0.717) is 11.4 Å². The number of rotatable bonds is 8. The zero-order valence-electron chi connectivity index (χ0n) is 18.2. The first-order chi connectivity index (χ1) is 14.6. The largest absolute Gasteiger partial charge is 0.495 e. The molecule has 3 amide bonds. The van der Waals surface area contributed by atoms with Gasteiger partial charge in [-0.3, -0.25) is 4.79 Å². The second-order valence-electron chi connectivity index (χ2n) is 7.32. The molecule has 0 aliphatic heterocycles. The van der Waals surface area contributed by atoms with Gasteiger partial charge >= 0.3 is 6.03 Å². The van der Waals surface area contributed by atoms with Gasteiger partial charge in [-0.15, -0.1) is 0 Å². The molecule has 0 aliphatic carbocycles. The Labute approximate surface area is 182 Å². The molecule has 10 heteroatoms. The number of urea groups is 1. The number of benzene rings is 2. The lowest BCUT2D eigenvalue weighted by molar-refractivity contribution is -0.118. The van der Waals surface area contributed by atoms with Crippen LogP contribution in [0.15, 0.2) is 53.4 Å². The fourth-order valence-corrected chi connectivity index (χ4v) is 3.66. The molecule has 0 aliphatic rings. The molecule has 0 radical (unpaired) electrons. The van der Waals surface area contributed by atoms with Crippen molar-refractivity contribution in [2.24, 2.45) is 5.92 Å². The fraction of sp³-hybridized carbons (Fsp3) is 0.333. The van der Waals surface area contributed by atoms with Crippen LogP contribution in [0, 0.1) is 5.92 Å². The van der Waals surface area contributed by atoms with Crippen LogP contribution < -0.4 is 20.7 Å².